The SMILES string of the molecule is C/C=C/CNC(=O)C1CCSON1C.C/C=C/CNC(=O)Cc1cccnc1.C/C=C/CNC(=O)Cc1ccncc1.CC.CC. The summed E-state index contributed by atoms with van der Waals surface area (Å²) in [5, 5.41) is 10.0. The van der Waals surface area contributed by atoms with E-state index in [4.69, 9.17) is 4.28 Å². The minimum Gasteiger partial charge on any atom is -0.352 e. The molecule has 10 nitrogen and oxygen atoms in total. The van der Waals surface area contributed by atoms with Gasteiger partial charge in [-0.1, -0.05) is 70.2 Å². The van der Waals surface area contributed by atoms with Crippen molar-refractivity contribution in [2.24, 2.45) is 0 Å². The smallest absolute Gasteiger partial charge is 0.240 e. The fraction of sp³-hybridized carbons (Fsp3) is 0.457. The maximum absolute atomic E-state index is 11.6. The predicted octanol–water partition coefficient (Wildman–Crippen LogP) is 5.65. The third-order valence-corrected chi connectivity index (χ3v) is 6.27. The summed E-state index contributed by atoms with van der Waals surface area (Å²) in [6.45, 7) is 15.6. The number of nitrogens with one attached hydrogen (secondary N) is 3. The summed E-state index contributed by atoms with van der Waals surface area (Å²) in [6, 6.07) is 7.25. The number of pyridine rings is 2. The van der Waals surface area contributed by atoms with Gasteiger partial charge in [0.1, 0.15) is 6.04 Å². The molecule has 0 aliphatic carbocycles. The van der Waals surface area contributed by atoms with Crippen LogP contribution in [0.5, 0.6) is 0 Å². The molecule has 0 aromatic carbocycles. The normalized spacial score (nSPS) is 13.9. The lowest BCUT2D eigenvalue weighted by atomic mass is 10.2. The highest BCUT2D eigenvalue weighted by Crippen LogP contribution is 2.19. The van der Waals surface area contributed by atoms with Crippen molar-refractivity contribution in [2.45, 2.75) is 73.8 Å². The van der Waals surface area contributed by atoms with Gasteiger partial charge in [-0.3, -0.25) is 24.4 Å². The molecule has 1 aliphatic rings. The predicted molar refractivity (Wildman–Crippen MR) is 192 cm³/mol. The van der Waals surface area contributed by atoms with Gasteiger partial charge in [0.15, 0.2) is 0 Å². The lowest BCUT2D eigenvalue weighted by molar-refractivity contribution is -0.138. The first-order chi connectivity index (χ1) is 22.4. The Hall–Kier alpha value is -3.80. The van der Waals surface area contributed by atoms with E-state index in [9.17, 15) is 14.4 Å². The van der Waals surface area contributed by atoms with Gasteiger partial charge in [0, 0.05) is 69.3 Å². The molecule has 0 spiro atoms. The van der Waals surface area contributed by atoms with E-state index in [1.54, 1.807) is 36.9 Å². The van der Waals surface area contributed by atoms with E-state index in [0.29, 0.717) is 32.5 Å². The standard InChI is InChI=1S/2C11H14N2O.C9H16N2O2S.2C2H6/c1-2-3-6-13-11(14)9-10-4-7-12-8-5-10;1-2-3-7-13-11(14)8-10-5-4-6-12-9-10;1-3-4-6-10-9(12)8-5-7-14-13-11(8)2;2*1-2/h2-5,7-8H,6,9H2,1H3,(H,13,14);2-6,9H,7-8H2,1H3,(H,13,14);3-4,8H,5-7H2,1-2H3,(H,10,12);2*1-2H3/b2*3-2+;4-3+;;. The largest absolute Gasteiger partial charge is 0.352 e. The molecule has 3 heterocycles. The van der Waals surface area contributed by atoms with Crippen LogP contribution in [0.2, 0.25) is 0 Å². The molecule has 3 rings (SSSR count). The van der Waals surface area contributed by atoms with Gasteiger partial charge >= 0.3 is 0 Å². The third-order valence-electron chi connectivity index (χ3n) is 5.52. The molecule has 1 fully saturated rings. The number of nitrogens with zero attached hydrogens (tertiary/aromatic N) is 3. The highest BCUT2D eigenvalue weighted by molar-refractivity contribution is 7.94. The maximum Gasteiger partial charge on any atom is 0.240 e. The van der Waals surface area contributed by atoms with Crippen LogP contribution in [0, 0.1) is 0 Å². The van der Waals surface area contributed by atoms with Crippen molar-refractivity contribution in [1.82, 2.24) is 31.0 Å². The number of rotatable bonds is 11. The minimum atomic E-state index is -0.151. The lowest BCUT2D eigenvalue weighted by Gasteiger charge is -2.28. The summed E-state index contributed by atoms with van der Waals surface area (Å²) < 4.78 is 5.19. The highest BCUT2D eigenvalue weighted by Gasteiger charge is 2.27. The average molecular weight is 657 g/mol. The zero-order valence-corrected chi connectivity index (χ0v) is 29.8. The van der Waals surface area contributed by atoms with Crippen molar-refractivity contribution < 1.29 is 18.7 Å². The van der Waals surface area contributed by atoms with Crippen molar-refractivity contribution in [3.8, 4) is 0 Å². The van der Waals surface area contributed by atoms with E-state index in [2.05, 4.69) is 25.9 Å². The van der Waals surface area contributed by atoms with Crippen LogP contribution in [0.25, 0.3) is 0 Å². The number of allylic oxidation sites excluding steroid dienone is 3. The molecule has 3 amide bonds. The molecule has 1 aliphatic heterocycles. The number of amides is 3. The van der Waals surface area contributed by atoms with Crippen molar-refractivity contribution in [1.29, 1.82) is 0 Å². The monoisotopic (exact) mass is 656 g/mol. The molecule has 2 aromatic heterocycles. The quantitative estimate of drug-likeness (QED) is 0.209. The first-order valence-corrected chi connectivity index (χ1v) is 16.8. The number of likely N-dealkylation sites (N-methyl/N-ethyl adjacent to an activating group) is 1. The number of aromatic nitrogens is 2. The summed E-state index contributed by atoms with van der Waals surface area (Å²) in [5.41, 5.74) is 1.92. The van der Waals surface area contributed by atoms with Gasteiger partial charge in [-0.2, -0.15) is 5.06 Å². The van der Waals surface area contributed by atoms with Gasteiger partial charge in [0.2, 0.25) is 17.7 Å². The molecule has 1 unspecified atom stereocenters. The van der Waals surface area contributed by atoms with Crippen LogP contribution in [-0.4, -0.2) is 71.2 Å². The Labute approximate surface area is 281 Å². The Bertz CT molecular complexity index is 1050. The van der Waals surface area contributed by atoms with Gasteiger partial charge in [-0.25, -0.2) is 4.28 Å². The lowest BCUT2D eigenvalue weighted by Crippen LogP contribution is -2.46. The molecule has 1 saturated heterocycles. The molecule has 0 saturated carbocycles. The molecule has 2 aromatic rings. The van der Waals surface area contributed by atoms with Gasteiger partial charge in [-0.15, -0.1) is 0 Å². The van der Waals surface area contributed by atoms with E-state index < -0.39 is 0 Å². The van der Waals surface area contributed by atoms with Crippen LogP contribution < -0.4 is 16.0 Å². The molecular formula is C35H56N6O4S. The number of hydrogen-bond acceptors (Lipinski definition) is 8. The Balaban J connectivity index is 0. The number of carbonyl (C=O) groups is 3. The number of hydroxylamine groups is 2. The maximum atomic E-state index is 11.6. The van der Waals surface area contributed by atoms with Crippen LogP contribution in [0.1, 0.15) is 66.0 Å². The summed E-state index contributed by atoms with van der Waals surface area (Å²) in [5.74, 6) is 0.961. The molecule has 0 bridgehead atoms. The molecular weight excluding hydrogens is 600 g/mol. The van der Waals surface area contributed by atoms with Crippen LogP contribution in [0.4, 0.5) is 0 Å². The molecule has 3 N–H and O–H groups in total. The van der Waals surface area contributed by atoms with Crippen LogP contribution in [0.15, 0.2) is 85.5 Å². The van der Waals surface area contributed by atoms with Crippen LogP contribution in [-0.2, 0) is 31.5 Å². The summed E-state index contributed by atoms with van der Waals surface area (Å²) in [6.07, 6.45) is 19.9. The fourth-order valence-electron chi connectivity index (χ4n) is 3.29. The second kappa shape index (κ2) is 32.6. The van der Waals surface area contributed by atoms with Crippen molar-refractivity contribution in [2.75, 3.05) is 32.4 Å². The summed E-state index contributed by atoms with van der Waals surface area (Å²) in [7, 11) is 1.78. The Kier molecular flexibility index (Phi) is 31.4. The molecule has 46 heavy (non-hydrogen) atoms. The van der Waals surface area contributed by atoms with Gasteiger partial charge in [0.25, 0.3) is 0 Å². The third kappa shape index (κ3) is 24.5. The average Bonchev–Trinajstić information content (AvgIpc) is 3.08. The van der Waals surface area contributed by atoms with E-state index in [0.717, 1.165) is 23.3 Å². The summed E-state index contributed by atoms with van der Waals surface area (Å²) >= 11 is 1.38. The molecule has 11 heteroatoms. The second-order valence-electron chi connectivity index (χ2n) is 8.88. The Morgan fingerprint density at radius 2 is 1.33 bits per heavy atom. The highest BCUT2D eigenvalue weighted by atomic mass is 32.2. The first kappa shape index (κ1) is 44.3. The zero-order valence-electron chi connectivity index (χ0n) is 29.0. The van der Waals surface area contributed by atoms with Gasteiger partial charge in [0.05, 0.1) is 12.8 Å². The van der Waals surface area contributed by atoms with E-state index >= 15 is 0 Å². The summed E-state index contributed by atoms with van der Waals surface area (Å²) in [4.78, 5) is 42.1. The van der Waals surface area contributed by atoms with E-state index in [-0.39, 0.29) is 23.8 Å². The van der Waals surface area contributed by atoms with Crippen molar-refractivity contribution in [3.63, 3.8) is 0 Å². The van der Waals surface area contributed by atoms with Crippen LogP contribution in [0.3, 0.4) is 0 Å². The molecule has 0 radical (unpaired) electrons. The van der Waals surface area contributed by atoms with Gasteiger partial charge < -0.3 is 16.0 Å². The Morgan fingerprint density at radius 3 is 1.80 bits per heavy atom. The van der Waals surface area contributed by atoms with Gasteiger partial charge in [-0.05, 0) is 56.5 Å². The Morgan fingerprint density at radius 1 is 0.804 bits per heavy atom. The van der Waals surface area contributed by atoms with E-state index in [1.165, 1.54) is 12.0 Å². The molecule has 1 atom stereocenters. The first-order valence-electron chi connectivity index (χ1n) is 15.9. The van der Waals surface area contributed by atoms with Crippen molar-refractivity contribution >= 4 is 29.8 Å². The van der Waals surface area contributed by atoms with Crippen molar-refractivity contribution in [3.05, 3.63) is 96.6 Å². The number of carbonyl (C=O) groups excluding carboxylic acids is 3. The second-order valence-corrected chi connectivity index (χ2v) is 9.67. The van der Waals surface area contributed by atoms with Crippen LogP contribution >= 0.6 is 12.0 Å². The zero-order chi connectivity index (χ0) is 34.8. The topological polar surface area (TPSA) is 126 Å². The van der Waals surface area contributed by atoms with E-state index in [1.807, 2.05) is 109 Å². The number of hydrogen-bond donors (Lipinski definition) is 3. The fourth-order valence-corrected chi connectivity index (χ4v) is 3.95. The minimum absolute atomic E-state index is 0.0242. The molecule has 256 valence electrons.